The molecule has 4 nitrogen and oxygen atoms in total. The molecule has 18 heavy (non-hydrogen) atoms. The van der Waals surface area contributed by atoms with Gasteiger partial charge in [-0.15, -0.1) is 0 Å². The van der Waals surface area contributed by atoms with Crippen LogP contribution >= 0.6 is 11.3 Å². The Balaban J connectivity index is 1.74. The first-order valence-corrected chi connectivity index (χ1v) is 7.29. The van der Waals surface area contributed by atoms with Gasteiger partial charge in [-0.1, -0.05) is 6.42 Å². The molecule has 0 radical (unpaired) electrons. The molecule has 1 aliphatic rings. The standard InChI is InChI=1S/C13H20N2O2S/c1-15(8-11-3-2-4-12(11)16)13(17)14-7-10-5-6-18-9-10/h5-6,9,11-12,16H,2-4,7-8H2,1H3,(H,14,17). The molecule has 0 aromatic carbocycles. The minimum atomic E-state index is -0.239. The van der Waals surface area contributed by atoms with Crippen LogP contribution in [0, 0.1) is 5.92 Å². The van der Waals surface area contributed by atoms with E-state index in [9.17, 15) is 9.90 Å². The van der Waals surface area contributed by atoms with Crippen molar-refractivity contribution >= 4 is 17.4 Å². The molecule has 0 spiro atoms. The number of aliphatic hydroxyl groups excluding tert-OH is 1. The van der Waals surface area contributed by atoms with Crippen LogP contribution in [0.4, 0.5) is 4.79 Å². The number of carbonyl (C=O) groups is 1. The maximum Gasteiger partial charge on any atom is 0.317 e. The first-order valence-electron chi connectivity index (χ1n) is 6.35. The highest BCUT2D eigenvalue weighted by Gasteiger charge is 2.27. The van der Waals surface area contributed by atoms with Gasteiger partial charge >= 0.3 is 6.03 Å². The van der Waals surface area contributed by atoms with Crippen LogP contribution in [0.15, 0.2) is 16.8 Å². The smallest absolute Gasteiger partial charge is 0.317 e. The summed E-state index contributed by atoms with van der Waals surface area (Å²) < 4.78 is 0. The summed E-state index contributed by atoms with van der Waals surface area (Å²) in [5.41, 5.74) is 1.13. The van der Waals surface area contributed by atoms with Crippen molar-refractivity contribution < 1.29 is 9.90 Å². The monoisotopic (exact) mass is 268 g/mol. The van der Waals surface area contributed by atoms with E-state index >= 15 is 0 Å². The summed E-state index contributed by atoms with van der Waals surface area (Å²) >= 11 is 1.63. The van der Waals surface area contributed by atoms with E-state index in [1.54, 1.807) is 23.3 Å². The topological polar surface area (TPSA) is 52.6 Å². The van der Waals surface area contributed by atoms with Gasteiger partial charge in [0, 0.05) is 26.1 Å². The summed E-state index contributed by atoms with van der Waals surface area (Å²) in [6.07, 6.45) is 2.71. The average molecular weight is 268 g/mol. The van der Waals surface area contributed by atoms with Crippen LogP contribution in [0.5, 0.6) is 0 Å². The zero-order valence-corrected chi connectivity index (χ0v) is 11.4. The van der Waals surface area contributed by atoms with Gasteiger partial charge in [0.05, 0.1) is 6.10 Å². The van der Waals surface area contributed by atoms with Gasteiger partial charge in [0.1, 0.15) is 0 Å². The Morgan fingerprint density at radius 1 is 1.61 bits per heavy atom. The average Bonchev–Trinajstić information content (AvgIpc) is 2.99. The molecule has 2 amide bonds. The third-order valence-electron chi connectivity index (χ3n) is 3.50. The van der Waals surface area contributed by atoms with Crippen LogP contribution < -0.4 is 5.32 Å². The van der Waals surface area contributed by atoms with Crippen molar-refractivity contribution in [2.75, 3.05) is 13.6 Å². The van der Waals surface area contributed by atoms with Crippen LogP contribution in [0.25, 0.3) is 0 Å². The molecule has 2 atom stereocenters. The number of carbonyl (C=O) groups excluding carboxylic acids is 1. The van der Waals surface area contributed by atoms with E-state index in [1.165, 1.54) is 0 Å². The molecule has 100 valence electrons. The Bertz CT molecular complexity index is 380. The fourth-order valence-corrected chi connectivity index (χ4v) is 3.04. The van der Waals surface area contributed by atoms with Gasteiger partial charge in [-0.3, -0.25) is 0 Å². The number of hydrogen-bond donors (Lipinski definition) is 2. The number of rotatable bonds is 4. The fraction of sp³-hybridized carbons (Fsp3) is 0.615. The van der Waals surface area contributed by atoms with E-state index < -0.39 is 0 Å². The highest BCUT2D eigenvalue weighted by Crippen LogP contribution is 2.25. The molecular weight excluding hydrogens is 248 g/mol. The summed E-state index contributed by atoms with van der Waals surface area (Å²) in [6, 6.07) is 1.94. The molecule has 2 rings (SSSR count). The largest absolute Gasteiger partial charge is 0.393 e. The summed E-state index contributed by atoms with van der Waals surface area (Å²) in [5, 5.41) is 16.7. The maximum atomic E-state index is 11.9. The van der Waals surface area contributed by atoms with E-state index in [0.717, 1.165) is 24.8 Å². The number of nitrogens with zero attached hydrogens (tertiary/aromatic N) is 1. The summed E-state index contributed by atoms with van der Waals surface area (Å²) in [7, 11) is 1.79. The highest BCUT2D eigenvalue weighted by molar-refractivity contribution is 7.07. The minimum absolute atomic E-state index is 0.0692. The van der Waals surface area contributed by atoms with E-state index in [2.05, 4.69) is 5.32 Å². The summed E-state index contributed by atoms with van der Waals surface area (Å²) in [4.78, 5) is 13.5. The van der Waals surface area contributed by atoms with E-state index in [1.807, 2.05) is 16.8 Å². The lowest BCUT2D eigenvalue weighted by atomic mass is 10.1. The molecule has 1 aromatic rings. The Morgan fingerprint density at radius 3 is 3.06 bits per heavy atom. The number of urea groups is 1. The number of amides is 2. The molecule has 1 heterocycles. The molecule has 5 heteroatoms. The number of hydrogen-bond acceptors (Lipinski definition) is 3. The van der Waals surface area contributed by atoms with Gasteiger partial charge in [0.2, 0.25) is 0 Å². The normalized spacial score (nSPS) is 23.0. The van der Waals surface area contributed by atoms with Gasteiger partial charge in [0.15, 0.2) is 0 Å². The van der Waals surface area contributed by atoms with Gasteiger partial charge in [0.25, 0.3) is 0 Å². The zero-order chi connectivity index (χ0) is 13.0. The molecule has 0 saturated heterocycles. The SMILES string of the molecule is CN(CC1CCCC1O)C(=O)NCc1ccsc1. The summed E-state index contributed by atoms with van der Waals surface area (Å²) in [6.45, 7) is 1.20. The van der Waals surface area contributed by atoms with Crippen LogP contribution in [0.3, 0.4) is 0 Å². The fourth-order valence-electron chi connectivity index (χ4n) is 2.37. The Kier molecular flexibility index (Phi) is 4.60. The van der Waals surface area contributed by atoms with Gasteiger partial charge in [-0.25, -0.2) is 4.79 Å². The van der Waals surface area contributed by atoms with Crippen molar-refractivity contribution in [3.63, 3.8) is 0 Å². The van der Waals surface area contributed by atoms with Crippen LogP contribution in [0.2, 0.25) is 0 Å². The van der Waals surface area contributed by atoms with Crippen molar-refractivity contribution in [2.24, 2.45) is 5.92 Å². The quantitative estimate of drug-likeness (QED) is 0.878. The second kappa shape index (κ2) is 6.20. The van der Waals surface area contributed by atoms with Crippen molar-refractivity contribution in [1.82, 2.24) is 10.2 Å². The third-order valence-corrected chi connectivity index (χ3v) is 4.23. The first-order chi connectivity index (χ1) is 8.66. The lowest BCUT2D eigenvalue weighted by Gasteiger charge is -2.23. The lowest BCUT2D eigenvalue weighted by Crippen LogP contribution is -2.40. The molecule has 2 unspecified atom stereocenters. The Morgan fingerprint density at radius 2 is 2.44 bits per heavy atom. The van der Waals surface area contributed by atoms with Crippen molar-refractivity contribution in [3.05, 3.63) is 22.4 Å². The number of nitrogens with one attached hydrogen (secondary N) is 1. The van der Waals surface area contributed by atoms with E-state index in [-0.39, 0.29) is 18.1 Å². The van der Waals surface area contributed by atoms with Crippen molar-refractivity contribution in [2.45, 2.75) is 31.9 Å². The molecule has 2 N–H and O–H groups in total. The van der Waals surface area contributed by atoms with E-state index in [4.69, 9.17) is 0 Å². The second-order valence-electron chi connectivity index (χ2n) is 4.93. The summed E-state index contributed by atoms with van der Waals surface area (Å²) in [5.74, 6) is 0.238. The molecule has 0 bridgehead atoms. The third kappa shape index (κ3) is 3.46. The number of thiophene rings is 1. The van der Waals surface area contributed by atoms with Crippen molar-refractivity contribution in [3.8, 4) is 0 Å². The predicted octanol–water partition coefficient (Wildman–Crippen LogP) is 2.05. The minimum Gasteiger partial charge on any atom is -0.393 e. The van der Waals surface area contributed by atoms with Gasteiger partial charge in [-0.05, 0) is 35.2 Å². The van der Waals surface area contributed by atoms with Gasteiger partial charge < -0.3 is 15.3 Å². The Labute approximate surface area is 112 Å². The predicted molar refractivity (Wildman–Crippen MR) is 72.5 cm³/mol. The maximum absolute atomic E-state index is 11.9. The lowest BCUT2D eigenvalue weighted by molar-refractivity contribution is 0.114. The molecule has 1 fully saturated rings. The highest BCUT2D eigenvalue weighted by atomic mass is 32.1. The Hall–Kier alpha value is -1.07. The van der Waals surface area contributed by atoms with Crippen molar-refractivity contribution in [1.29, 1.82) is 0 Å². The van der Waals surface area contributed by atoms with Crippen LogP contribution in [0.1, 0.15) is 24.8 Å². The van der Waals surface area contributed by atoms with E-state index in [0.29, 0.717) is 13.1 Å². The second-order valence-corrected chi connectivity index (χ2v) is 5.71. The zero-order valence-electron chi connectivity index (χ0n) is 10.6. The molecule has 1 aromatic heterocycles. The molecule has 1 saturated carbocycles. The molecular formula is C13H20N2O2S. The van der Waals surface area contributed by atoms with Crippen LogP contribution in [-0.2, 0) is 6.54 Å². The van der Waals surface area contributed by atoms with Gasteiger partial charge in [-0.2, -0.15) is 11.3 Å². The van der Waals surface area contributed by atoms with Crippen LogP contribution in [-0.4, -0.2) is 35.7 Å². The molecule has 1 aliphatic carbocycles. The first kappa shape index (κ1) is 13.4. The number of aliphatic hydroxyl groups is 1. The molecule has 0 aliphatic heterocycles.